The molecule has 1 N–H and O–H groups in total. The van der Waals surface area contributed by atoms with Crippen LogP contribution in [0.15, 0.2) is 24.3 Å². The van der Waals surface area contributed by atoms with Gasteiger partial charge in [-0.25, -0.2) is 4.79 Å². The topological polar surface area (TPSA) is 32.3 Å². The molecule has 2 amide bonds. The molecular weight excluding hydrogens is 224 g/mol. The van der Waals surface area contributed by atoms with Crippen molar-refractivity contribution in [1.29, 1.82) is 0 Å². The Balaban J connectivity index is 1.95. The van der Waals surface area contributed by atoms with E-state index in [4.69, 9.17) is 0 Å². The summed E-state index contributed by atoms with van der Waals surface area (Å²) in [6.07, 6.45) is 3.08. The van der Waals surface area contributed by atoms with E-state index in [9.17, 15) is 4.79 Å². The molecule has 1 unspecified atom stereocenters. The third-order valence-corrected chi connectivity index (χ3v) is 3.73. The minimum Gasteiger partial charge on any atom is -0.335 e. The van der Waals surface area contributed by atoms with Gasteiger partial charge in [0.1, 0.15) is 0 Å². The Morgan fingerprint density at radius 3 is 2.61 bits per heavy atom. The minimum atomic E-state index is 0.0735. The van der Waals surface area contributed by atoms with Crippen LogP contribution in [-0.2, 0) is 12.8 Å². The van der Waals surface area contributed by atoms with Gasteiger partial charge in [-0.15, -0.1) is 0 Å². The van der Waals surface area contributed by atoms with Crippen LogP contribution in [0.4, 0.5) is 4.79 Å². The van der Waals surface area contributed by atoms with Crippen molar-refractivity contribution < 1.29 is 4.79 Å². The zero-order valence-electron chi connectivity index (χ0n) is 11.3. The number of nitrogens with one attached hydrogen (secondary N) is 1. The van der Waals surface area contributed by atoms with Crippen molar-refractivity contribution in [2.75, 3.05) is 13.1 Å². The summed E-state index contributed by atoms with van der Waals surface area (Å²) in [7, 11) is 0. The number of nitrogens with zero attached hydrogens (tertiary/aromatic N) is 1. The Morgan fingerprint density at radius 2 is 1.94 bits per heavy atom. The molecule has 0 radical (unpaired) electrons. The number of amides is 2. The fraction of sp³-hybridized carbons (Fsp3) is 0.533. The Bertz CT molecular complexity index is 413. The number of benzene rings is 1. The molecule has 1 aliphatic carbocycles. The Hall–Kier alpha value is -1.51. The Kier molecular flexibility index (Phi) is 4.24. The molecule has 1 aliphatic rings. The maximum Gasteiger partial charge on any atom is 0.317 e. The van der Waals surface area contributed by atoms with E-state index in [-0.39, 0.29) is 12.1 Å². The molecule has 0 heterocycles. The average molecular weight is 246 g/mol. The third-order valence-electron chi connectivity index (χ3n) is 3.73. The van der Waals surface area contributed by atoms with Gasteiger partial charge in [-0.3, -0.25) is 0 Å². The van der Waals surface area contributed by atoms with Gasteiger partial charge in [0.05, 0.1) is 0 Å². The number of hydrogen-bond donors (Lipinski definition) is 1. The molecular formula is C15H22N2O. The summed E-state index contributed by atoms with van der Waals surface area (Å²) >= 11 is 0. The van der Waals surface area contributed by atoms with Gasteiger partial charge in [0.25, 0.3) is 0 Å². The molecule has 98 valence electrons. The highest BCUT2D eigenvalue weighted by Crippen LogP contribution is 2.21. The van der Waals surface area contributed by atoms with Gasteiger partial charge in [-0.05, 0) is 44.2 Å². The van der Waals surface area contributed by atoms with Crippen LogP contribution in [0.2, 0.25) is 0 Å². The predicted molar refractivity (Wildman–Crippen MR) is 73.7 cm³/mol. The van der Waals surface area contributed by atoms with Gasteiger partial charge in [0.2, 0.25) is 0 Å². The van der Waals surface area contributed by atoms with Gasteiger partial charge in [-0.1, -0.05) is 24.3 Å². The number of rotatable bonds is 3. The first-order valence-electron chi connectivity index (χ1n) is 6.86. The van der Waals surface area contributed by atoms with Crippen molar-refractivity contribution in [1.82, 2.24) is 10.2 Å². The maximum atomic E-state index is 12.0. The highest BCUT2D eigenvalue weighted by molar-refractivity contribution is 5.74. The second kappa shape index (κ2) is 5.89. The lowest BCUT2D eigenvalue weighted by molar-refractivity contribution is 0.197. The van der Waals surface area contributed by atoms with Crippen LogP contribution < -0.4 is 5.32 Å². The summed E-state index contributed by atoms with van der Waals surface area (Å²) in [5.74, 6) is 0. The molecule has 0 aliphatic heterocycles. The van der Waals surface area contributed by atoms with Crippen LogP contribution in [0.25, 0.3) is 0 Å². The summed E-state index contributed by atoms with van der Waals surface area (Å²) in [4.78, 5) is 13.8. The molecule has 0 spiro atoms. The lowest BCUT2D eigenvalue weighted by Crippen LogP contribution is -2.46. The number of urea groups is 1. The van der Waals surface area contributed by atoms with Crippen molar-refractivity contribution >= 4 is 6.03 Å². The van der Waals surface area contributed by atoms with Gasteiger partial charge in [-0.2, -0.15) is 0 Å². The fourth-order valence-corrected chi connectivity index (χ4v) is 2.60. The highest BCUT2D eigenvalue weighted by Gasteiger charge is 2.21. The van der Waals surface area contributed by atoms with Crippen LogP contribution in [0.3, 0.4) is 0 Å². The van der Waals surface area contributed by atoms with Crippen molar-refractivity contribution in [3.05, 3.63) is 35.4 Å². The summed E-state index contributed by atoms with van der Waals surface area (Å²) in [6.45, 7) is 5.57. The first kappa shape index (κ1) is 12.9. The molecule has 0 saturated carbocycles. The normalized spacial score (nSPS) is 18.0. The Labute approximate surface area is 109 Å². The number of fused-ring (bicyclic) bond motifs is 1. The van der Waals surface area contributed by atoms with Crippen molar-refractivity contribution in [3.8, 4) is 0 Å². The first-order valence-corrected chi connectivity index (χ1v) is 6.86. The molecule has 3 heteroatoms. The van der Waals surface area contributed by atoms with Crippen LogP contribution in [0.5, 0.6) is 0 Å². The molecule has 1 aromatic rings. The molecule has 3 nitrogen and oxygen atoms in total. The maximum absolute atomic E-state index is 12.0. The number of hydrogen-bond acceptors (Lipinski definition) is 1. The molecule has 2 rings (SSSR count). The second-order valence-corrected chi connectivity index (χ2v) is 4.83. The van der Waals surface area contributed by atoms with E-state index in [2.05, 4.69) is 29.6 Å². The fourth-order valence-electron chi connectivity index (χ4n) is 2.60. The van der Waals surface area contributed by atoms with Gasteiger partial charge in [0, 0.05) is 19.1 Å². The number of carbonyl (C=O) groups is 1. The molecule has 1 aromatic carbocycles. The smallest absolute Gasteiger partial charge is 0.317 e. The minimum absolute atomic E-state index is 0.0735. The predicted octanol–water partition coefficient (Wildman–Crippen LogP) is 2.60. The molecule has 0 fully saturated rings. The summed E-state index contributed by atoms with van der Waals surface area (Å²) in [6, 6.07) is 8.89. The molecule has 0 bridgehead atoms. The lowest BCUT2D eigenvalue weighted by Gasteiger charge is -2.28. The van der Waals surface area contributed by atoms with Crippen LogP contribution in [-0.4, -0.2) is 30.1 Å². The van der Waals surface area contributed by atoms with Gasteiger partial charge in [0.15, 0.2) is 0 Å². The van der Waals surface area contributed by atoms with E-state index < -0.39 is 0 Å². The molecule has 0 aromatic heterocycles. The average Bonchev–Trinajstić information content (AvgIpc) is 2.40. The summed E-state index contributed by atoms with van der Waals surface area (Å²) < 4.78 is 0. The van der Waals surface area contributed by atoms with Crippen molar-refractivity contribution in [3.63, 3.8) is 0 Å². The van der Waals surface area contributed by atoms with Crippen LogP contribution in [0, 0.1) is 0 Å². The molecule has 0 saturated heterocycles. The molecule has 18 heavy (non-hydrogen) atoms. The molecule has 1 atom stereocenters. The summed E-state index contributed by atoms with van der Waals surface area (Å²) in [5.41, 5.74) is 2.82. The van der Waals surface area contributed by atoms with Crippen molar-refractivity contribution in [2.24, 2.45) is 0 Å². The van der Waals surface area contributed by atoms with Crippen LogP contribution >= 0.6 is 0 Å². The summed E-state index contributed by atoms with van der Waals surface area (Å²) in [5, 5.41) is 3.15. The van der Waals surface area contributed by atoms with E-state index in [0.29, 0.717) is 0 Å². The number of carbonyl (C=O) groups excluding carboxylic acids is 1. The highest BCUT2D eigenvalue weighted by atomic mass is 16.2. The van der Waals surface area contributed by atoms with E-state index in [1.807, 2.05) is 18.7 Å². The van der Waals surface area contributed by atoms with E-state index >= 15 is 0 Å². The second-order valence-electron chi connectivity index (χ2n) is 4.83. The first-order chi connectivity index (χ1) is 8.74. The SMILES string of the molecule is CCN(CC)C(=O)NC1CCc2ccccc2C1. The largest absolute Gasteiger partial charge is 0.335 e. The van der Waals surface area contributed by atoms with Gasteiger partial charge >= 0.3 is 6.03 Å². The van der Waals surface area contributed by atoms with Crippen molar-refractivity contribution in [2.45, 2.75) is 39.2 Å². The van der Waals surface area contributed by atoms with E-state index in [0.717, 1.165) is 32.4 Å². The quantitative estimate of drug-likeness (QED) is 0.873. The van der Waals surface area contributed by atoms with Crippen LogP contribution in [0.1, 0.15) is 31.4 Å². The van der Waals surface area contributed by atoms with Gasteiger partial charge < -0.3 is 10.2 Å². The van der Waals surface area contributed by atoms with E-state index in [1.165, 1.54) is 11.1 Å². The zero-order valence-corrected chi connectivity index (χ0v) is 11.3. The monoisotopic (exact) mass is 246 g/mol. The third kappa shape index (κ3) is 2.84. The standard InChI is InChI=1S/C15H22N2O/c1-3-17(4-2)15(18)16-14-10-9-12-7-5-6-8-13(12)11-14/h5-8,14H,3-4,9-11H2,1-2H3,(H,16,18). The number of aryl methyl sites for hydroxylation is 1. The lowest BCUT2D eigenvalue weighted by atomic mass is 9.88. The zero-order chi connectivity index (χ0) is 13.0. The van der Waals surface area contributed by atoms with E-state index in [1.54, 1.807) is 0 Å². The Morgan fingerprint density at radius 1 is 1.28 bits per heavy atom.